The normalized spacial score (nSPS) is 17.1. The zero-order chi connectivity index (χ0) is 14.4. The molecule has 0 saturated carbocycles. The number of carbonyl (C=O) groups is 1. The van der Waals surface area contributed by atoms with E-state index in [9.17, 15) is 4.79 Å². The zero-order valence-electron chi connectivity index (χ0n) is 11.9. The fourth-order valence-electron chi connectivity index (χ4n) is 2.41. The molecular formula is C15H22ClN3O. The van der Waals surface area contributed by atoms with Crippen molar-refractivity contribution in [2.75, 3.05) is 26.2 Å². The summed E-state index contributed by atoms with van der Waals surface area (Å²) < 4.78 is 0. The van der Waals surface area contributed by atoms with Gasteiger partial charge in [-0.1, -0.05) is 18.5 Å². The predicted octanol–water partition coefficient (Wildman–Crippen LogP) is 2.59. The van der Waals surface area contributed by atoms with Gasteiger partial charge in [0.25, 0.3) is 5.91 Å². The number of nitrogens with one attached hydrogen (secondary N) is 1. The summed E-state index contributed by atoms with van der Waals surface area (Å²) in [6.07, 6.45) is 5.10. The largest absolute Gasteiger partial charge is 0.351 e. The summed E-state index contributed by atoms with van der Waals surface area (Å²) in [4.78, 5) is 18.3. The Morgan fingerprint density at radius 2 is 2.25 bits per heavy atom. The van der Waals surface area contributed by atoms with E-state index in [-0.39, 0.29) is 5.91 Å². The number of rotatable bonds is 5. The second-order valence-corrected chi connectivity index (χ2v) is 5.93. The standard InChI is InChI=1S/C15H22ClN3O/c1-12-4-9-19(10-5-12)8-2-6-18-15(20)14-11-13(16)3-7-17-14/h3,7,11-12H,2,4-6,8-10H2,1H3,(H,18,20). The molecule has 1 aromatic heterocycles. The van der Waals surface area contributed by atoms with Crippen molar-refractivity contribution in [2.45, 2.75) is 26.2 Å². The molecule has 110 valence electrons. The van der Waals surface area contributed by atoms with E-state index >= 15 is 0 Å². The van der Waals surface area contributed by atoms with Crippen molar-refractivity contribution in [3.05, 3.63) is 29.0 Å². The van der Waals surface area contributed by atoms with Gasteiger partial charge in [-0.2, -0.15) is 0 Å². The van der Waals surface area contributed by atoms with Gasteiger partial charge in [0.2, 0.25) is 0 Å². The van der Waals surface area contributed by atoms with Crippen molar-refractivity contribution in [1.82, 2.24) is 15.2 Å². The summed E-state index contributed by atoms with van der Waals surface area (Å²) in [5.41, 5.74) is 0.379. The fraction of sp³-hybridized carbons (Fsp3) is 0.600. The fourth-order valence-corrected chi connectivity index (χ4v) is 2.57. The monoisotopic (exact) mass is 295 g/mol. The van der Waals surface area contributed by atoms with Crippen LogP contribution in [-0.4, -0.2) is 42.0 Å². The van der Waals surface area contributed by atoms with Gasteiger partial charge in [-0.3, -0.25) is 9.78 Å². The van der Waals surface area contributed by atoms with E-state index in [0.717, 1.165) is 18.9 Å². The number of aromatic nitrogens is 1. The maximum Gasteiger partial charge on any atom is 0.269 e. The molecule has 1 aromatic rings. The molecule has 1 saturated heterocycles. The molecule has 0 bridgehead atoms. The molecule has 2 rings (SSSR count). The lowest BCUT2D eigenvalue weighted by Gasteiger charge is -2.30. The van der Waals surface area contributed by atoms with E-state index in [2.05, 4.69) is 22.1 Å². The van der Waals surface area contributed by atoms with Crippen LogP contribution in [0.25, 0.3) is 0 Å². The average Bonchev–Trinajstić information content (AvgIpc) is 2.45. The van der Waals surface area contributed by atoms with E-state index in [0.29, 0.717) is 17.3 Å². The molecule has 1 aliphatic heterocycles. The number of nitrogens with zero attached hydrogens (tertiary/aromatic N) is 2. The number of amides is 1. The topological polar surface area (TPSA) is 45.2 Å². The molecule has 1 N–H and O–H groups in total. The second kappa shape index (κ2) is 7.60. The minimum Gasteiger partial charge on any atom is -0.351 e. The van der Waals surface area contributed by atoms with Crippen LogP contribution < -0.4 is 5.32 Å². The van der Waals surface area contributed by atoms with Crippen LogP contribution in [0.15, 0.2) is 18.3 Å². The number of hydrogen-bond acceptors (Lipinski definition) is 3. The molecular weight excluding hydrogens is 274 g/mol. The van der Waals surface area contributed by atoms with Crippen LogP contribution in [0.3, 0.4) is 0 Å². The average molecular weight is 296 g/mol. The van der Waals surface area contributed by atoms with Crippen LogP contribution >= 0.6 is 11.6 Å². The number of pyridine rings is 1. The zero-order valence-corrected chi connectivity index (χ0v) is 12.7. The number of halogens is 1. The van der Waals surface area contributed by atoms with Gasteiger partial charge in [0.05, 0.1) is 0 Å². The molecule has 0 spiro atoms. The first-order valence-electron chi connectivity index (χ1n) is 7.27. The Labute approximate surface area is 125 Å². The van der Waals surface area contributed by atoms with Gasteiger partial charge in [0.1, 0.15) is 5.69 Å². The van der Waals surface area contributed by atoms with Crippen molar-refractivity contribution in [3.8, 4) is 0 Å². The van der Waals surface area contributed by atoms with Gasteiger partial charge in [0, 0.05) is 17.8 Å². The minimum atomic E-state index is -0.153. The van der Waals surface area contributed by atoms with Crippen LogP contribution in [-0.2, 0) is 0 Å². The first-order valence-corrected chi connectivity index (χ1v) is 7.65. The lowest BCUT2D eigenvalue weighted by Crippen LogP contribution is -2.35. The molecule has 1 fully saturated rings. The third-order valence-corrected chi connectivity index (χ3v) is 4.00. The quantitative estimate of drug-likeness (QED) is 0.849. The Hall–Kier alpha value is -1.13. The Kier molecular flexibility index (Phi) is 5.80. The highest BCUT2D eigenvalue weighted by molar-refractivity contribution is 6.30. The van der Waals surface area contributed by atoms with Crippen LogP contribution in [0.5, 0.6) is 0 Å². The molecule has 0 unspecified atom stereocenters. The summed E-state index contributed by atoms with van der Waals surface area (Å²) in [5.74, 6) is 0.708. The van der Waals surface area contributed by atoms with Gasteiger partial charge in [-0.05, 0) is 56.9 Å². The first-order chi connectivity index (χ1) is 9.65. The summed E-state index contributed by atoms with van der Waals surface area (Å²) in [6.45, 7) is 6.42. The van der Waals surface area contributed by atoms with E-state index in [1.165, 1.54) is 25.9 Å². The van der Waals surface area contributed by atoms with Crippen LogP contribution in [0, 0.1) is 5.92 Å². The number of likely N-dealkylation sites (tertiary alicyclic amines) is 1. The van der Waals surface area contributed by atoms with Crippen LogP contribution in [0.2, 0.25) is 5.02 Å². The maximum atomic E-state index is 11.8. The van der Waals surface area contributed by atoms with Crippen molar-refractivity contribution < 1.29 is 4.79 Å². The van der Waals surface area contributed by atoms with E-state index in [1.807, 2.05) is 0 Å². The summed E-state index contributed by atoms with van der Waals surface area (Å²) in [7, 11) is 0. The van der Waals surface area contributed by atoms with Gasteiger partial charge < -0.3 is 10.2 Å². The van der Waals surface area contributed by atoms with Gasteiger partial charge >= 0.3 is 0 Å². The number of hydrogen-bond donors (Lipinski definition) is 1. The summed E-state index contributed by atoms with van der Waals surface area (Å²) in [6, 6.07) is 3.25. The third-order valence-electron chi connectivity index (χ3n) is 3.77. The van der Waals surface area contributed by atoms with Gasteiger partial charge in [0.15, 0.2) is 0 Å². The van der Waals surface area contributed by atoms with Crippen molar-refractivity contribution in [3.63, 3.8) is 0 Å². The lowest BCUT2D eigenvalue weighted by molar-refractivity contribution is 0.0945. The number of piperidine rings is 1. The molecule has 5 heteroatoms. The van der Waals surface area contributed by atoms with Crippen molar-refractivity contribution >= 4 is 17.5 Å². The molecule has 0 aliphatic carbocycles. The molecule has 0 radical (unpaired) electrons. The van der Waals surface area contributed by atoms with Crippen LogP contribution in [0.1, 0.15) is 36.7 Å². The smallest absolute Gasteiger partial charge is 0.269 e. The van der Waals surface area contributed by atoms with Crippen molar-refractivity contribution in [1.29, 1.82) is 0 Å². The third kappa shape index (κ3) is 4.76. The first kappa shape index (κ1) is 15.3. The molecule has 1 aliphatic rings. The predicted molar refractivity (Wildman–Crippen MR) is 81.0 cm³/mol. The van der Waals surface area contributed by atoms with Gasteiger partial charge in [-0.25, -0.2) is 0 Å². The highest BCUT2D eigenvalue weighted by Crippen LogP contribution is 2.15. The Bertz CT molecular complexity index is 444. The Balaban J connectivity index is 1.64. The second-order valence-electron chi connectivity index (χ2n) is 5.49. The van der Waals surface area contributed by atoms with Crippen molar-refractivity contribution in [2.24, 2.45) is 5.92 Å². The minimum absolute atomic E-state index is 0.153. The van der Waals surface area contributed by atoms with E-state index in [4.69, 9.17) is 11.6 Å². The maximum absolute atomic E-state index is 11.8. The highest BCUT2D eigenvalue weighted by atomic mass is 35.5. The van der Waals surface area contributed by atoms with E-state index in [1.54, 1.807) is 18.3 Å². The molecule has 0 atom stereocenters. The molecule has 20 heavy (non-hydrogen) atoms. The molecule has 1 amide bonds. The lowest BCUT2D eigenvalue weighted by atomic mass is 9.99. The number of carbonyl (C=O) groups excluding carboxylic acids is 1. The SMILES string of the molecule is CC1CCN(CCCNC(=O)c2cc(Cl)ccn2)CC1. The van der Waals surface area contributed by atoms with Gasteiger partial charge in [-0.15, -0.1) is 0 Å². The summed E-state index contributed by atoms with van der Waals surface area (Å²) in [5, 5.41) is 3.42. The van der Waals surface area contributed by atoms with E-state index < -0.39 is 0 Å². The molecule has 2 heterocycles. The summed E-state index contributed by atoms with van der Waals surface area (Å²) >= 11 is 5.84. The highest BCUT2D eigenvalue weighted by Gasteiger charge is 2.15. The van der Waals surface area contributed by atoms with Crippen LogP contribution in [0.4, 0.5) is 0 Å². The molecule has 4 nitrogen and oxygen atoms in total. The molecule has 0 aromatic carbocycles. The Morgan fingerprint density at radius 1 is 1.50 bits per heavy atom. The Morgan fingerprint density at radius 3 is 2.95 bits per heavy atom.